The normalized spacial score (nSPS) is 19.4. The van der Waals surface area contributed by atoms with Crippen molar-refractivity contribution in [2.45, 2.75) is 45.8 Å². The zero-order chi connectivity index (χ0) is 15.3. The SMILES string of the molecule is CCN1C(=O)CC(NCCNC(=O)OC(C)(C)C)C1=O. The number of hydrogen-bond acceptors (Lipinski definition) is 5. The van der Waals surface area contributed by atoms with Crippen molar-refractivity contribution in [1.29, 1.82) is 0 Å². The van der Waals surface area contributed by atoms with E-state index in [0.717, 1.165) is 0 Å². The largest absolute Gasteiger partial charge is 0.444 e. The molecule has 1 aliphatic rings. The van der Waals surface area contributed by atoms with Gasteiger partial charge < -0.3 is 15.4 Å². The van der Waals surface area contributed by atoms with Gasteiger partial charge in [-0.25, -0.2) is 4.79 Å². The average molecular weight is 285 g/mol. The molecule has 7 nitrogen and oxygen atoms in total. The van der Waals surface area contributed by atoms with Crippen LogP contribution in [0.4, 0.5) is 4.79 Å². The van der Waals surface area contributed by atoms with Gasteiger partial charge in [-0.2, -0.15) is 0 Å². The lowest BCUT2D eigenvalue weighted by atomic mass is 10.2. The van der Waals surface area contributed by atoms with Crippen molar-refractivity contribution in [3.8, 4) is 0 Å². The van der Waals surface area contributed by atoms with Gasteiger partial charge >= 0.3 is 6.09 Å². The van der Waals surface area contributed by atoms with Crippen molar-refractivity contribution >= 4 is 17.9 Å². The number of imide groups is 1. The van der Waals surface area contributed by atoms with Gasteiger partial charge in [0.15, 0.2) is 0 Å². The molecule has 0 saturated carbocycles. The Hall–Kier alpha value is -1.63. The number of ether oxygens (including phenoxy) is 1. The zero-order valence-electron chi connectivity index (χ0n) is 12.5. The molecular weight excluding hydrogens is 262 g/mol. The number of carbonyl (C=O) groups excluding carboxylic acids is 3. The number of amides is 3. The molecule has 0 spiro atoms. The minimum atomic E-state index is -0.535. The molecule has 0 radical (unpaired) electrons. The third-order valence-corrected chi connectivity index (χ3v) is 2.74. The zero-order valence-corrected chi connectivity index (χ0v) is 12.5. The van der Waals surface area contributed by atoms with Crippen molar-refractivity contribution in [2.24, 2.45) is 0 Å². The molecule has 1 aliphatic heterocycles. The van der Waals surface area contributed by atoms with E-state index >= 15 is 0 Å². The minimum absolute atomic E-state index is 0.157. The second-order valence-electron chi connectivity index (χ2n) is 5.62. The first kappa shape index (κ1) is 16.4. The number of likely N-dealkylation sites (N-methyl/N-ethyl adjacent to an activating group) is 1. The monoisotopic (exact) mass is 285 g/mol. The summed E-state index contributed by atoms with van der Waals surface area (Å²) in [6.07, 6.45) is -0.317. The number of alkyl carbamates (subject to hydrolysis) is 1. The van der Waals surface area contributed by atoms with E-state index in [-0.39, 0.29) is 18.2 Å². The molecule has 0 aromatic carbocycles. The molecule has 1 rings (SSSR count). The molecule has 20 heavy (non-hydrogen) atoms. The number of likely N-dealkylation sites (tertiary alicyclic amines) is 1. The van der Waals surface area contributed by atoms with Crippen molar-refractivity contribution in [2.75, 3.05) is 19.6 Å². The highest BCUT2D eigenvalue weighted by molar-refractivity contribution is 6.05. The van der Waals surface area contributed by atoms with Crippen LogP contribution in [0.3, 0.4) is 0 Å². The Bertz CT molecular complexity index is 390. The van der Waals surface area contributed by atoms with Gasteiger partial charge in [-0.15, -0.1) is 0 Å². The van der Waals surface area contributed by atoms with Gasteiger partial charge in [-0.05, 0) is 27.7 Å². The molecule has 0 bridgehead atoms. The fraction of sp³-hybridized carbons (Fsp3) is 0.769. The summed E-state index contributed by atoms with van der Waals surface area (Å²) < 4.78 is 5.08. The quantitative estimate of drug-likeness (QED) is 0.558. The number of nitrogens with zero attached hydrogens (tertiary/aromatic N) is 1. The van der Waals surface area contributed by atoms with Gasteiger partial charge in [-0.3, -0.25) is 14.5 Å². The first-order chi connectivity index (χ1) is 9.24. The average Bonchev–Trinajstić information content (AvgIpc) is 2.57. The Labute approximate surface area is 119 Å². The van der Waals surface area contributed by atoms with Crippen LogP contribution in [0.15, 0.2) is 0 Å². The van der Waals surface area contributed by atoms with Crippen LogP contribution in [0.1, 0.15) is 34.1 Å². The predicted octanol–water partition coefficient (Wildman–Crippen LogP) is 0.248. The molecule has 0 aliphatic carbocycles. The van der Waals surface area contributed by atoms with Gasteiger partial charge in [0.2, 0.25) is 11.8 Å². The maximum Gasteiger partial charge on any atom is 0.407 e. The Kier molecular flexibility index (Phi) is 5.50. The standard InChI is InChI=1S/C13H23N3O4/c1-5-16-10(17)8-9(11(16)18)14-6-7-15-12(19)20-13(2,3)4/h9,14H,5-8H2,1-4H3,(H,15,19). The molecule has 1 unspecified atom stereocenters. The topological polar surface area (TPSA) is 87.7 Å². The van der Waals surface area contributed by atoms with Crippen LogP contribution in [-0.4, -0.2) is 54.1 Å². The molecule has 1 heterocycles. The van der Waals surface area contributed by atoms with Gasteiger partial charge in [0.25, 0.3) is 0 Å². The number of nitrogens with one attached hydrogen (secondary N) is 2. The highest BCUT2D eigenvalue weighted by Gasteiger charge is 2.36. The van der Waals surface area contributed by atoms with E-state index in [9.17, 15) is 14.4 Å². The van der Waals surface area contributed by atoms with Crippen LogP contribution in [0.25, 0.3) is 0 Å². The summed E-state index contributed by atoms with van der Waals surface area (Å²) in [5, 5.41) is 5.54. The maximum absolute atomic E-state index is 11.8. The first-order valence-corrected chi connectivity index (χ1v) is 6.79. The lowest BCUT2D eigenvalue weighted by Crippen LogP contribution is -2.42. The van der Waals surface area contributed by atoms with E-state index in [0.29, 0.717) is 19.6 Å². The molecule has 7 heteroatoms. The lowest BCUT2D eigenvalue weighted by Gasteiger charge is -2.20. The second-order valence-corrected chi connectivity index (χ2v) is 5.62. The van der Waals surface area contributed by atoms with E-state index in [4.69, 9.17) is 4.74 Å². The molecule has 1 saturated heterocycles. The Morgan fingerprint density at radius 1 is 1.35 bits per heavy atom. The third-order valence-electron chi connectivity index (χ3n) is 2.74. The summed E-state index contributed by atoms with van der Waals surface area (Å²) in [6, 6.07) is -0.483. The molecule has 3 amide bonds. The molecule has 2 N–H and O–H groups in total. The lowest BCUT2D eigenvalue weighted by molar-refractivity contribution is -0.138. The van der Waals surface area contributed by atoms with Crippen LogP contribution >= 0.6 is 0 Å². The molecule has 0 aromatic rings. The summed E-state index contributed by atoms with van der Waals surface area (Å²) >= 11 is 0. The van der Waals surface area contributed by atoms with Crippen molar-refractivity contribution in [3.05, 3.63) is 0 Å². The van der Waals surface area contributed by atoms with E-state index in [1.54, 1.807) is 27.7 Å². The summed E-state index contributed by atoms with van der Waals surface area (Å²) in [7, 11) is 0. The summed E-state index contributed by atoms with van der Waals surface area (Å²) in [5.74, 6) is -0.357. The number of rotatable bonds is 5. The summed E-state index contributed by atoms with van der Waals surface area (Å²) in [6.45, 7) is 8.25. The van der Waals surface area contributed by atoms with E-state index in [2.05, 4.69) is 10.6 Å². The van der Waals surface area contributed by atoms with Gasteiger partial charge in [0.05, 0.1) is 12.5 Å². The first-order valence-electron chi connectivity index (χ1n) is 6.79. The fourth-order valence-corrected chi connectivity index (χ4v) is 1.90. The molecule has 1 atom stereocenters. The van der Waals surface area contributed by atoms with Gasteiger partial charge in [0, 0.05) is 19.6 Å². The maximum atomic E-state index is 11.8. The molecule has 0 aromatic heterocycles. The highest BCUT2D eigenvalue weighted by atomic mass is 16.6. The van der Waals surface area contributed by atoms with Crippen molar-refractivity contribution in [1.82, 2.24) is 15.5 Å². The van der Waals surface area contributed by atoms with E-state index in [1.165, 1.54) is 4.90 Å². The molecule has 1 fully saturated rings. The molecular formula is C13H23N3O4. The number of hydrogen-bond donors (Lipinski definition) is 2. The van der Waals surface area contributed by atoms with Crippen LogP contribution < -0.4 is 10.6 Å². The van der Waals surface area contributed by atoms with E-state index in [1.807, 2.05) is 0 Å². The Morgan fingerprint density at radius 2 is 2.00 bits per heavy atom. The smallest absolute Gasteiger partial charge is 0.407 e. The van der Waals surface area contributed by atoms with Crippen LogP contribution in [0.5, 0.6) is 0 Å². The Morgan fingerprint density at radius 3 is 2.50 bits per heavy atom. The van der Waals surface area contributed by atoms with Gasteiger partial charge in [0.1, 0.15) is 5.60 Å². The van der Waals surface area contributed by atoms with Crippen molar-refractivity contribution in [3.63, 3.8) is 0 Å². The van der Waals surface area contributed by atoms with Crippen LogP contribution in [-0.2, 0) is 14.3 Å². The fourth-order valence-electron chi connectivity index (χ4n) is 1.90. The minimum Gasteiger partial charge on any atom is -0.444 e. The summed E-state index contributed by atoms with van der Waals surface area (Å²) in [5.41, 5.74) is -0.535. The van der Waals surface area contributed by atoms with Gasteiger partial charge in [-0.1, -0.05) is 0 Å². The predicted molar refractivity (Wildman–Crippen MR) is 73.0 cm³/mol. The summed E-state index contributed by atoms with van der Waals surface area (Å²) in [4.78, 5) is 35.9. The number of carbonyl (C=O) groups is 3. The van der Waals surface area contributed by atoms with Crippen LogP contribution in [0, 0.1) is 0 Å². The third kappa shape index (κ3) is 4.80. The van der Waals surface area contributed by atoms with Crippen LogP contribution in [0.2, 0.25) is 0 Å². The molecule has 114 valence electrons. The highest BCUT2D eigenvalue weighted by Crippen LogP contribution is 2.12. The van der Waals surface area contributed by atoms with Crippen molar-refractivity contribution < 1.29 is 19.1 Å². The second kappa shape index (κ2) is 6.69. The van der Waals surface area contributed by atoms with E-state index < -0.39 is 17.7 Å². The Balaban J connectivity index is 2.24.